The van der Waals surface area contributed by atoms with Gasteiger partial charge in [-0.25, -0.2) is 8.91 Å². The summed E-state index contributed by atoms with van der Waals surface area (Å²) in [4.78, 5) is 4.32. The molecule has 1 aliphatic carbocycles. The molecule has 4 nitrogen and oxygen atoms in total. The lowest BCUT2D eigenvalue weighted by Crippen LogP contribution is -2.16. The van der Waals surface area contributed by atoms with Crippen molar-refractivity contribution in [1.29, 1.82) is 0 Å². The minimum absolute atomic E-state index is 0.302. The highest BCUT2D eigenvalue weighted by atomic mass is 19.1. The predicted molar refractivity (Wildman–Crippen MR) is 63.4 cm³/mol. The van der Waals surface area contributed by atoms with Crippen LogP contribution in [0.15, 0.2) is 18.3 Å². The molecule has 0 amide bonds. The van der Waals surface area contributed by atoms with Gasteiger partial charge in [-0.05, 0) is 37.3 Å². The zero-order valence-corrected chi connectivity index (χ0v) is 9.73. The SMILES string of the molecule is CC1CCC(Nc2nc3ccc(F)cn3n2)C1. The van der Waals surface area contributed by atoms with Crippen LogP contribution in [0.2, 0.25) is 0 Å². The van der Waals surface area contributed by atoms with Gasteiger partial charge in [0.2, 0.25) is 5.95 Å². The molecule has 0 spiro atoms. The Labute approximate surface area is 98.9 Å². The van der Waals surface area contributed by atoms with E-state index in [0.717, 1.165) is 18.8 Å². The summed E-state index contributed by atoms with van der Waals surface area (Å²) >= 11 is 0. The van der Waals surface area contributed by atoms with Crippen LogP contribution in [0.3, 0.4) is 0 Å². The normalized spacial score (nSPS) is 24.4. The molecule has 5 heteroatoms. The topological polar surface area (TPSA) is 42.2 Å². The van der Waals surface area contributed by atoms with Gasteiger partial charge in [-0.15, -0.1) is 5.10 Å². The number of fused-ring (bicyclic) bond motifs is 1. The highest BCUT2D eigenvalue weighted by molar-refractivity contribution is 5.43. The van der Waals surface area contributed by atoms with Gasteiger partial charge in [-0.3, -0.25) is 0 Å². The van der Waals surface area contributed by atoms with Crippen molar-refractivity contribution >= 4 is 11.6 Å². The molecule has 0 aromatic carbocycles. The Hall–Kier alpha value is -1.65. The van der Waals surface area contributed by atoms with E-state index >= 15 is 0 Å². The van der Waals surface area contributed by atoms with Gasteiger partial charge in [0.15, 0.2) is 5.65 Å². The van der Waals surface area contributed by atoms with Crippen molar-refractivity contribution < 1.29 is 4.39 Å². The van der Waals surface area contributed by atoms with E-state index in [2.05, 4.69) is 22.3 Å². The second kappa shape index (κ2) is 3.98. The molecule has 0 aliphatic heterocycles. The van der Waals surface area contributed by atoms with Crippen LogP contribution in [0.4, 0.5) is 10.3 Å². The van der Waals surface area contributed by atoms with Crippen LogP contribution < -0.4 is 5.32 Å². The first-order valence-electron chi connectivity index (χ1n) is 5.99. The highest BCUT2D eigenvalue weighted by Crippen LogP contribution is 2.26. The Morgan fingerprint density at radius 3 is 3.06 bits per heavy atom. The fourth-order valence-electron chi connectivity index (χ4n) is 2.44. The van der Waals surface area contributed by atoms with Gasteiger partial charge < -0.3 is 5.32 Å². The summed E-state index contributed by atoms with van der Waals surface area (Å²) in [5, 5.41) is 7.53. The van der Waals surface area contributed by atoms with Crippen LogP contribution in [0.1, 0.15) is 26.2 Å². The number of hydrogen-bond donors (Lipinski definition) is 1. The van der Waals surface area contributed by atoms with Gasteiger partial charge in [0.05, 0.1) is 6.20 Å². The molecule has 2 unspecified atom stereocenters. The molecule has 2 aromatic rings. The summed E-state index contributed by atoms with van der Waals surface area (Å²) in [5.74, 6) is 1.06. The van der Waals surface area contributed by atoms with Crippen molar-refractivity contribution in [3.05, 3.63) is 24.1 Å². The van der Waals surface area contributed by atoms with E-state index in [1.807, 2.05) is 0 Å². The molecule has 0 radical (unpaired) electrons. The van der Waals surface area contributed by atoms with Gasteiger partial charge in [0, 0.05) is 6.04 Å². The van der Waals surface area contributed by atoms with Crippen LogP contribution in [0.5, 0.6) is 0 Å². The molecule has 2 heterocycles. The Balaban J connectivity index is 1.81. The monoisotopic (exact) mass is 234 g/mol. The third-order valence-corrected chi connectivity index (χ3v) is 3.32. The maximum absolute atomic E-state index is 13.0. The first kappa shape index (κ1) is 10.5. The lowest BCUT2D eigenvalue weighted by atomic mass is 10.1. The second-order valence-electron chi connectivity index (χ2n) is 4.84. The lowest BCUT2D eigenvalue weighted by Gasteiger charge is -2.09. The van der Waals surface area contributed by atoms with E-state index in [1.54, 1.807) is 6.07 Å². The molecule has 3 rings (SSSR count). The summed E-state index contributed by atoms with van der Waals surface area (Å²) in [6.07, 6.45) is 4.90. The molecule has 0 bridgehead atoms. The van der Waals surface area contributed by atoms with Crippen LogP contribution in [0.25, 0.3) is 5.65 Å². The molecule has 0 saturated heterocycles. The van der Waals surface area contributed by atoms with E-state index in [0.29, 0.717) is 17.6 Å². The third kappa shape index (κ3) is 2.09. The summed E-state index contributed by atoms with van der Waals surface area (Å²) in [6.45, 7) is 2.26. The second-order valence-corrected chi connectivity index (χ2v) is 4.84. The van der Waals surface area contributed by atoms with Crippen molar-refractivity contribution in [3.63, 3.8) is 0 Å². The molecule has 2 aromatic heterocycles. The minimum atomic E-state index is -0.302. The molecule has 1 saturated carbocycles. The number of nitrogens with zero attached hydrogens (tertiary/aromatic N) is 3. The number of pyridine rings is 1. The number of aromatic nitrogens is 3. The summed E-state index contributed by atoms with van der Waals surface area (Å²) < 4.78 is 14.5. The fraction of sp³-hybridized carbons (Fsp3) is 0.500. The van der Waals surface area contributed by atoms with Crippen molar-refractivity contribution in [2.45, 2.75) is 32.2 Å². The Morgan fingerprint density at radius 2 is 2.29 bits per heavy atom. The lowest BCUT2D eigenvalue weighted by molar-refractivity contribution is 0.601. The predicted octanol–water partition coefficient (Wildman–Crippen LogP) is 2.47. The van der Waals surface area contributed by atoms with Gasteiger partial charge in [-0.2, -0.15) is 4.98 Å². The smallest absolute Gasteiger partial charge is 0.243 e. The van der Waals surface area contributed by atoms with Crippen LogP contribution >= 0.6 is 0 Å². The molecule has 1 fully saturated rings. The number of rotatable bonds is 2. The zero-order chi connectivity index (χ0) is 11.8. The number of anilines is 1. The molecule has 1 N–H and O–H groups in total. The van der Waals surface area contributed by atoms with Crippen molar-refractivity contribution in [2.24, 2.45) is 5.92 Å². The average Bonchev–Trinajstić information content (AvgIpc) is 2.84. The summed E-state index contributed by atoms with van der Waals surface area (Å²) in [7, 11) is 0. The van der Waals surface area contributed by atoms with Crippen LogP contribution in [0, 0.1) is 11.7 Å². The maximum Gasteiger partial charge on any atom is 0.243 e. The third-order valence-electron chi connectivity index (χ3n) is 3.32. The minimum Gasteiger partial charge on any atom is -0.350 e. The Bertz CT molecular complexity index is 536. The van der Waals surface area contributed by atoms with Crippen molar-refractivity contribution in [2.75, 3.05) is 5.32 Å². The van der Waals surface area contributed by atoms with Gasteiger partial charge >= 0.3 is 0 Å². The average molecular weight is 234 g/mol. The van der Waals surface area contributed by atoms with Gasteiger partial charge in [-0.1, -0.05) is 6.92 Å². The van der Waals surface area contributed by atoms with Crippen LogP contribution in [-0.2, 0) is 0 Å². The molecule has 1 aliphatic rings. The molecule has 90 valence electrons. The van der Waals surface area contributed by atoms with E-state index in [4.69, 9.17) is 0 Å². The van der Waals surface area contributed by atoms with Crippen LogP contribution in [-0.4, -0.2) is 20.6 Å². The van der Waals surface area contributed by atoms with Crippen molar-refractivity contribution in [1.82, 2.24) is 14.6 Å². The number of hydrogen-bond acceptors (Lipinski definition) is 3. The molecule has 2 atom stereocenters. The molecular weight excluding hydrogens is 219 g/mol. The number of halogens is 1. The van der Waals surface area contributed by atoms with E-state index in [-0.39, 0.29) is 5.82 Å². The quantitative estimate of drug-likeness (QED) is 0.868. The fourth-order valence-corrected chi connectivity index (χ4v) is 2.44. The first-order chi connectivity index (χ1) is 8.20. The highest BCUT2D eigenvalue weighted by Gasteiger charge is 2.22. The molecular formula is C12H15FN4. The summed E-state index contributed by atoms with van der Waals surface area (Å²) in [5.41, 5.74) is 0.667. The standard InChI is InChI=1S/C12H15FN4/c1-8-2-4-10(6-8)14-12-15-11-5-3-9(13)7-17(11)16-12/h3,5,7-8,10H,2,4,6H2,1H3,(H,14,16). The van der Waals surface area contributed by atoms with Gasteiger partial charge in [0.1, 0.15) is 5.82 Å². The zero-order valence-electron chi connectivity index (χ0n) is 9.73. The number of nitrogens with one attached hydrogen (secondary N) is 1. The Kier molecular flexibility index (Phi) is 2.46. The Morgan fingerprint density at radius 1 is 1.41 bits per heavy atom. The van der Waals surface area contributed by atoms with E-state index in [9.17, 15) is 4.39 Å². The largest absolute Gasteiger partial charge is 0.350 e. The van der Waals surface area contributed by atoms with Gasteiger partial charge in [0.25, 0.3) is 0 Å². The van der Waals surface area contributed by atoms with E-state index in [1.165, 1.54) is 23.2 Å². The van der Waals surface area contributed by atoms with E-state index < -0.39 is 0 Å². The van der Waals surface area contributed by atoms with Crippen molar-refractivity contribution in [3.8, 4) is 0 Å². The molecule has 17 heavy (non-hydrogen) atoms. The maximum atomic E-state index is 13.0. The first-order valence-corrected chi connectivity index (χ1v) is 5.99. The summed E-state index contributed by atoms with van der Waals surface area (Å²) in [6, 6.07) is 3.48.